The van der Waals surface area contributed by atoms with Crippen molar-refractivity contribution in [2.24, 2.45) is 0 Å². The summed E-state index contributed by atoms with van der Waals surface area (Å²) in [6.07, 6.45) is 0.288. The molecule has 0 fully saturated rings. The molecular weight excluding hydrogens is 504 g/mol. The maximum atomic E-state index is 12.7. The molecule has 2 N–H and O–H groups in total. The average molecular weight is 529 g/mol. The minimum absolute atomic E-state index is 0.0538. The van der Waals surface area contributed by atoms with Crippen molar-refractivity contribution in [3.05, 3.63) is 75.6 Å². The van der Waals surface area contributed by atoms with E-state index in [1.165, 1.54) is 12.1 Å². The van der Waals surface area contributed by atoms with E-state index in [1.807, 2.05) is 32.0 Å². The van der Waals surface area contributed by atoms with Gasteiger partial charge in [0, 0.05) is 35.5 Å². The maximum Gasteiger partial charge on any atom is 0.511 e. The van der Waals surface area contributed by atoms with Gasteiger partial charge in [0.05, 0.1) is 52.4 Å². The highest BCUT2D eigenvalue weighted by Gasteiger charge is 2.16. The number of rotatable bonds is 7. The highest BCUT2D eigenvalue weighted by molar-refractivity contribution is 7.84. The number of aryl methyl sites for hydroxylation is 1. The predicted molar refractivity (Wildman–Crippen MR) is 135 cm³/mol. The number of pyridine rings is 1. The molecule has 0 aliphatic heterocycles. The van der Waals surface area contributed by atoms with E-state index >= 15 is 0 Å². The fourth-order valence-electron chi connectivity index (χ4n) is 3.35. The van der Waals surface area contributed by atoms with Crippen LogP contribution in [0, 0.1) is 24.0 Å². The molecule has 0 radical (unpaired) electrons. The zero-order valence-electron chi connectivity index (χ0n) is 20.4. The van der Waals surface area contributed by atoms with E-state index < -0.39 is 21.9 Å². The van der Waals surface area contributed by atoms with Crippen molar-refractivity contribution in [3.8, 4) is 17.2 Å². The lowest BCUT2D eigenvalue weighted by Gasteiger charge is -2.11. The summed E-state index contributed by atoms with van der Waals surface area (Å²) >= 11 is 0. The fourth-order valence-corrected chi connectivity index (χ4v) is 4.45. The third kappa shape index (κ3) is 6.79. The molecule has 2 aromatic heterocycles. The molecule has 2 aromatic carbocycles. The van der Waals surface area contributed by atoms with E-state index in [0.717, 1.165) is 51.5 Å². The topological polar surface area (TPSA) is 167 Å². The summed E-state index contributed by atoms with van der Waals surface area (Å²) < 4.78 is 27.5. The Balaban J connectivity index is 0.000000248. The number of benzene rings is 2. The Kier molecular flexibility index (Phi) is 8.74. The molecule has 1 unspecified atom stereocenters. The molecule has 4 rings (SSSR count). The fraction of sp³-hybridized carbons (Fsp3) is 0.208. The van der Waals surface area contributed by atoms with Gasteiger partial charge in [0.2, 0.25) is 0 Å². The zero-order chi connectivity index (χ0) is 27.1. The monoisotopic (exact) mass is 528 g/mol. The van der Waals surface area contributed by atoms with Gasteiger partial charge >= 0.3 is 6.16 Å². The second kappa shape index (κ2) is 11.9. The van der Waals surface area contributed by atoms with Crippen LogP contribution in [0.25, 0.3) is 11.0 Å². The summed E-state index contributed by atoms with van der Waals surface area (Å²) in [4.78, 5) is 31.5. The highest BCUT2D eigenvalue weighted by atomic mass is 32.2. The second-order valence-electron chi connectivity index (χ2n) is 7.58. The first-order chi connectivity index (χ1) is 17.6. The number of methoxy groups -OCH3 is 2. The van der Waals surface area contributed by atoms with E-state index in [4.69, 9.17) is 14.6 Å². The van der Waals surface area contributed by atoms with Crippen LogP contribution in [-0.2, 0) is 16.6 Å². The Morgan fingerprint density at radius 2 is 1.78 bits per heavy atom. The average Bonchev–Trinajstić information content (AvgIpc) is 3.30. The van der Waals surface area contributed by atoms with Gasteiger partial charge in [-0.1, -0.05) is 0 Å². The number of carbonyl (C=O) groups is 1. The van der Waals surface area contributed by atoms with E-state index in [9.17, 15) is 19.1 Å². The number of nitrogens with zero attached hydrogens (tertiary/aromatic N) is 3. The molecular formula is C24H24N4O8S. The predicted octanol–water partition coefficient (Wildman–Crippen LogP) is 4.55. The van der Waals surface area contributed by atoms with E-state index in [1.54, 1.807) is 20.4 Å². The number of hydrogen-bond acceptors (Lipinski definition) is 9. The number of hydrogen-bond donors (Lipinski definition) is 2. The number of aromatic nitrogens is 3. The molecule has 4 aromatic rings. The van der Waals surface area contributed by atoms with Crippen molar-refractivity contribution < 1.29 is 33.2 Å². The first kappa shape index (κ1) is 27.1. The van der Waals surface area contributed by atoms with Crippen LogP contribution in [0.4, 0.5) is 10.5 Å². The number of carboxylic acid groups (broad SMARTS) is 1. The third-order valence-corrected chi connectivity index (χ3v) is 6.31. The number of nitrogens with one attached hydrogen (secondary N) is 1. The van der Waals surface area contributed by atoms with E-state index in [-0.39, 0.29) is 17.2 Å². The Morgan fingerprint density at radius 3 is 2.38 bits per heavy atom. The van der Waals surface area contributed by atoms with Crippen LogP contribution in [0.1, 0.15) is 16.8 Å². The van der Waals surface area contributed by atoms with Gasteiger partial charge < -0.3 is 24.3 Å². The summed E-state index contributed by atoms with van der Waals surface area (Å²) in [6, 6.07) is 10.3. The molecule has 0 aliphatic carbocycles. The Labute approximate surface area is 213 Å². The zero-order valence-corrected chi connectivity index (χ0v) is 21.2. The number of non-ortho nitro benzene ring substituents is 1. The van der Waals surface area contributed by atoms with Gasteiger partial charge in [-0.25, -0.2) is 9.78 Å². The number of nitro groups is 1. The lowest BCUT2D eigenvalue weighted by atomic mass is 10.1. The summed E-state index contributed by atoms with van der Waals surface area (Å²) in [5, 5.41) is 18.8. The van der Waals surface area contributed by atoms with Gasteiger partial charge in [-0.15, -0.1) is 0 Å². The smallest absolute Gasteiger partial charge is 0.497 e. The quantitative estimate of drug-likeness (QED) is 0.150. The largest absolute Gasteiger partial charge is 0.511 e. The Bertz CT molecular complexity index is 1450. The van der Waals surface area contributed by atoms with Gasteiger partial charge in [-0.05, 0) is 38.1 Å². The molecule has 2 heterocycles. The number of aromatic amines is 1. The van der Waals surface area contributed by atoms with Crippen LogP contribution in [0.3, 0.4) is 0 Å². The van der Waals surface area contributed by atoms with Crippen LogP contribution in [-0.4, -0.2) is 49.6 Å². The molecule has 0 saturated heterocycles. The van der Waals surface area contributed by atoms with Gasteiger partial charge in [0.1, 0.15) is 17.2 Å². The lowest BCUT2D eigenvalue weighted by Crippen LogP contribution is -2.05. The number of fused-ring (bicyclic) bond motifs is 1. The van der Waals surface area contributed by atoms with Crippen LogP contribution < -0.4 is 14.2 Å². The molecule has 1 atom stereocenters. The van der Waals surface area contributed by atoms with Gasteiger partial charge in [0.15, 0.2) is 5.16 Å². The van der Waals surface area contributed by atoms with E-state index in [2.05, 4.69) is 19.7 Å². The standard InChI is InChI=1S/C17H19N3O3S.C7H5NO5/c1-10-8-18-15(11(2)16(10)23-4)9-24(21)17-19-13-6-5-12(22-3)7-14(13)20-17;9-7(10)13-6-3-1-5(2-4-6)8(11)12/h5-8H,9H2,1-4H3,(H,19,20);1-4H,(H,9,10). The van der Waals surface area contributed by atoms with Crippen LogP contribution in [0.15, 0.2) is 53.8 Å². The van der Waals surface area contributed by atoms with E-state index in [0.29, 0.717) is 5.16 Å². The van der Waals surface area contributed by atoms with Crippen molar-refractivity contribution in [3.63, 3.8) is 0 Å². The lowest BCUT2D eigenvalue weighted by molar-refractivity contribution is -0.384. The van der Waals surface area contributed by atoms with Crippen LogP contribution >= 0.6 is 0 Å². The summed E-state index contributed by atoms with van der Waals surface area (Å²) in [5.74, 6) is 1.84. The molecule has 37 heavy (non-hydrogen) atoms. The molecule has 0 saturated carbocycles. The molecule has 13 heteroatoms. The first-order valence-electron chi connectivity index (χ1n) is 10.7. The minimum atomic E-state index is -1.45. The second-order valence-corrected chi connectivity index (χ2v) is 8.95. The van der Waals surface area contributed by atoms with Crippen molar-refractivity contribution >= 4 is 33.7 Å². The molecule has 0 amide bonds. The van der Waals surface area contributed by atoms with Gasteiger partial charge in [-0.2, -0.15) is 0 Å². The number of imidazole rings is 1. The number of ether oxygens (including phenoxy) is 3. The molecule has 194 valence electrons. The Hall–Kier alpha value is -4.52. The van der Waals surface area contributed by atoms with Gasteiger partial charge in [-0.3, -0.25) is 19.3 Å². The normalized spacial score (nSPS) is 11.2. The van der Waals surface area contributed by atoms with Crippen LogP contribution in [0.2, 0.25) is 0 Å². The first-order valence-corrected chi connectivity index (χ1v) is 12.0. The van der Waals surface area contributed by atoms with Crippen molar-refractivity contribution in [1.82, 2.24) is 15.0 Å². The molecule has 0 aliphatic rings. The number of nitro benzene ring substituents is 1. The summed E-state index contributed by atoms with van der Waals surface area (Å²) in [5.41, 5.74) is 4.05. The highest BCUT2D eigenvalue weighted by Crippen LogP contribution is 2.26. The molecule has 0 spiro atoms. The Morgan fingerprint density at radius 1 is 1.11 bits per heavy atom. The number of H-pyrrole nitrogens is 1. The summed E-state index contributed by atoms with van der Waals surface area (Å²) in [7, 11) is 1.91. The van der Waals surface area contributed by atoms with Crippen LogP contribution in [0.5, 0.6) is 17.2 Å². The summed E-state index contributed by atoms with van der Waals surface area (Å²) in [6.45, 7) is 3.86. The van der Waals surface area contributed by atoms with Crippen molar-refractivity contribution in [1.29, 1.82) is 0 Å². The maximum absolute atomic E-state index is 12.7. The molecule has 12 nitrogen and oxygen atoms in total. The minimum Gasteiger partial charge on any atom is -0.497 e. The SMILES string of the molecule is COc1ccc2nc(S(=O)Cc3ncc(C)c(OC)c3C)[nH]c2c1.O=C(O)Oc1ccc([N+](=O)[O-])cc1. The van der Waals surface area contributed by atoms with Crippen molar-refractivity contribution in [2.45, 2.75) is 24.8 Å². The third-order valence-electron chi connectivity index (χ3n) is 5.15. The van der Waals surface area contributed by atoms with Gasteiger partial charge in [0.25, 0.3) is 5.69 Å². The molecule has 0 bridgehead atoms. The van der Waals surface area contributed by atoms with Crippen molar-refractivity contribution in [2.75, 3.05) is 14.2 Å².